The summed E-state index contributed by atoms with van der Waals surface area (Å²) in [7, 11) is 0. The molecule has 4 aromatic rings. The zero-order valence-electron chi connectivity index (χ0n) is 21.9. The summed E-state index contributed by atoms with van der Waals surface area (Å²) in [6, 6.07) is 23.6. The van der Waals surface area contributed by atoms with E-state index >= 15 is 0 Å². The van der Waals surface area contributed by atoms with Crippen LogP contribution in [0.4, 0.5) is 0 Å². The highest BCUT2D eigenvalue weighted by atomic mass is 14.4. The predicted molar refractivity (Wildman–Crippen MR) is 167 cm³/mol. The summed E-state index contributed by atoms with van der Waals surface area (Å²) < 4.78 is 0. The molecule has 0 fully saturated rings. The van der Waals surface area contributed by atoms with Gasteiger partial charge < -0.3 is 0 Å². The molecule has 7 aliphatic rings. The van der Waals surface area contributed by atoms with E-state index in [1.165, 1.54) is 87.0 Å². The highest BCUT2D eigenvalue weighted by Crippen LogP contribution is 2.54. The van der Waals surface area contributed by atoms with E-state index in [2.05, 4.69) is 121 Å². The van der Waals surface area contributed by atoms with Crippen molar-refractivity contribution in [3.63, 3.8) is 0 Å². The minimum atomic E-state index is 0.414. The summed E-state index contributed by atoms with van der Waals surface area (Å²) >= 11 is 0. The van der Waals surface area contributed by atoms with Gasteiger partial charge in [-0.25, -0.2) is 0 Å². The number of hydrogen-bond donors (Lipinski definition) is 0. The van der Waals surface area contributed by atoms with Gasteiger partial charge in [-0.15, -0.1) is 0 Å². The fourth-order valence-corrected chi connectivity index (χ4v) is 9.04. The first-order valence-corrected chi connectivity index (χ1v) is 14.6. The second-order valence-electron chi connectivity index (χ2n) is 12.4. The summed E-state index contributed by atoms with van der Waals surface area (Å²) in [6.45, 7) is 0. The lowest BCUT2D eigenvalue weighted by Gasteiger charge is -2.33. The van der Waals surface area contributed by atoms with E-state index in [-0.39, 0.29) is 0 Å². The molecule has 11 rings (SSSR count). The Balaban J connectivity index is 1.19. The molecule has 0 bridgehead atoms. The number of benzene rings is 4. The van der Waals surface area contributed by atoms with Crippen molar-refractivity contribution in [1.82, 2.24) is 0 Å². The van der Waals surface area contributed by atoms with Gasteiger partial charge in [0, 0.05) is 23.7 Å². The van der Waals surface area contributed by atoms with Crippen molar-refractivity contribution in [2.45, 2.75) is 0 Å². The van der Waals surface area contributed by atoms with Crippen molar-refractivity contribution in [2.75, 3.05) is 0 Å². The Morgan fingerprint density at radius 3 is 1.30 bits per heavy atom. The number of hydrogen-bond acceptors (Lipinski definition) is 0. The quantitative estimate of drug-likeness (QED) is 0.282. The van der Waals surface area contributed by atoms with Crippen LogP contribution >= 0.6 is 0 Å². The van der Waals surface area contributed by atoms with Crippen LogP contribution in [0, 0.1) is 23.7 Å². The lowest BCUT2D eigenvalue weighted by Crippen LogP contribution is -2.24. The van der Waals surface area contributed by atoms with E-state index in [1.54, 1.807) is 0 Å². The molecule has 0 saturated heterocycles. The highest BCUT2D eigenvalue weighted by Gasteiger charge is 2.42. The largest absolute Gasteiger partial charge is 0.0767 e. The Morgan fingerprint density at radius 2 is 0.850 bits per heavy atom. The Labute approximate surface area is 231 Å². The third-order valence-electron chi connectivity index (χ3n) is 10.7. The summed E-state index contributed by atoms with van der Waals surface area (Å²) in [5, 5.41) is 11.1. The molecule has 0 spiro atoms. The molecule has 0 unspecified atom stereocenters. The Kier molecular flexibility index (Phi) is 3.40. The zero-order valence-corrected chi connectivity index (χ0v) is 21.9. The van der Waals surface area contributed by atoms with E-state index < -0.39 is 0 Å². The second-order valence-corrected chi connectivity index (χ2v) is 12.4. The van der Waals surface area contributed by atoms with Crippen LogP contribution in [-0.4, -0.2) is 0 Å². The maximum atomic E-state index is 2.50. The van der Waals surface area contributed by atoms with Gasteiger partial charge in [-0.2, -0.15) is 0 Å². The summed E-state index contributed by atoms with van der Waals surface area (Å²) in [5.41, 5.74) is 11.8. The summed E-state index contributed by atoms with van der Waals surface area (Å²) in [5.74, 6) is 1.80. The van der Waals surface area contributed by atoms with Gasteiger partial charge in [-0.05, 0) is 123 Å². The van der Waals surface area contributed by atoms with Crippen molar-refractivity contribution in [3.8, 4) is 0 Å². The highest BCUT2D eigenvalue weighted by molar-refractivity contribution is 6.04. The standard InChI is InChI=1S/C40H24/c1-2-6-23-16-33-29-12-14-31-37-20-25-18-35-27-10-4-8-21-7-3-9-26(38(21)27)34(35)17-24(25)19-36(37)30-13-11-28(39(29)40(30)31)32(33)15-22(23)5-1/h1-21,38-40H. The molecule has 0 heterocycles. The molecular formula is C40H24. The third-order valence-corrected chi connectivity index (χ3v) is 10.7. The minimum Gasteiger partial charge on any atom is -0.0767 e. The van der Waals surface area contributed by atoms with Gasteiger partial charge in [0.2, 0.25) is 0 Å². The third kappa shape index (κ3) is 2.25. The monoisotopic (exact) mass is 504 g/mol. The molecule has 184 valence electrons. The first-order chi connectivity index (χ1) is 19.8. The molecule has 40 heavy (non-hydrogen) atoms. The molecule has 0 amide bonds. The second kappa shape index (κ2) is 6.72. The predicted octanol–water partition coefficient (Wildman–Crippen LogP) is 5.85. The van der Waals surface area contributed by atoms with Gasteiger partial charge in [-0.3, -0.25) is 0 Å². The maximum Gasteiger partial charge on any atom is 0.0211 e. The first-order valence-electron chi connectivity index (χ1n) is 14.6. The SMILES string of the molecule is C1=CC2C=CC=C3c4cc5cc6c(cc5cc4C(=C1)C32)=C1C=CC2=c3cc4ccccc4cc3=C3C=CC=6C1C23. The fraction of sp³-hybridized carbons (Fsp3) is 0.100. The van der Waals surface area contributed by atoms with Gasteiger partial charge in [0.25, 0.3) is 0 Å². The van der Waals surface area contributed by atoms with E-state index in [0.29, 0.717) is 23.7 Å². The van der Waals surface area contributed by atoms with Crippen LogP contribution in [-0.2, 0) is 0 Å². The molecule has 0 aliphatic heterocycles. The van der Waals surface area contributed by atoms with Crippen molar-refractivity contribution in [1.29, 1.82) is 0 Å². The lowest BCUT2D eigenvalue weighted by atomic mass is 9.70. The van der Waals surface area contributed by atoms with Gasteiger partial charge in [-0.1, -0.05) is 85.0 Å². The normalized spacial score (nSPS) is 26.7. The molecule has 0 aromatic heterocycles. The lowest BCUT2D eigenvalue weighted by molar-refractivity contribution is 0.707. The van der Waals surface area contributed by atoms with Crippen LogP contribution in [0.2, 0.25) is 0 Å². The van der Waals surface area contributed by atoms with Gasteiger partial charge >= 0.3 is 0 Å². The van der Waals surface area contributed by atoms with Crippen molar-refractivity contribution in [3.05, 3.63) is 153 Å². The average Bonchev–Trinajstić information content (AvgIpc) is 3.60. The van der Waals surface area contributed by atoms with Crippen molar-refractivity contribution >= 4 is 55.0 Å². The van der Waals surface area contributed by atoms with Crippen LogP contribution in [0.15, 0.2) is 121 Å². The van der Waals surface area contributed by atoms with Gasteiger partial charge in [0.15, 0.2) is 0 Å². The maximum absolute atomic E-state index is 2.50. The summed E-state index contributed by atoms with van der Waals surface area (Å²) in [6.07, 6.45) is 23.7. The molecular weight excluding hydrogens is 480 g/mol. The first kappa shape index (κ1) is 20.3. The Morgan fingerprint density at radius 1 is 0.425 bits per heavy atom. The van der Waals surface area contributed by atoms with E-state index in [9.17, 15) is 0 Å². The van der Waals surface area contributed by atoms with E-state index in [1.807, 2.05) is 0 Å². The fourth-order valence-electron chi connectivity index (χ4n) is 9.04. The number of rotatable bonds is 0. The Bertz CT molecular complexity index is 2260. The topological polar surface area (TPSA) is 0 Å². The Hall–Kier alpha value is -4.68. The van der Waals surface area contributed by atoms with Gasteiger partial charge in [0.1, 0.15) is 0 Å². The number of fused-ring (bicyclic) bond motifs is 7. The minimum absolute atomic E-state index is 0.414. The zero-order chi connectivity index (χ0) is 25.7. The van der Waals surface area contributed by atoms with Crippen LogP contribution in [0.5, 0.6) is 0 Å². The van der Waals surface area contributed by atoms with Crippen LogP contribution in [0.1, 0.15) is 11.1 Å². The van der Waals surface area contributed by atoms with E-state index in [0.717, 1.165) is 0 Å². The molecule has 0 heteroatoms. The van der Waals surface area contributed by atoms with Crippen LogP contribution in [0.25, 0.3) is 55.0 Å². The molecule has 0 radical (unpaired) electrons. The van der Waals surface area contributed by atoms with Crippen molar-refractivity contribution in [2.24, 2.45) is 23.7 Å². The van der Waals surface area contributed by atoms with Crippen LogP contribution in [0.3, 0.4) is 0 Å². The molecule has 0 N–H and O–H groups in total. The van der Waals surface area contributed by atoms with Gasteiger partial charge in [0.05, 0.1) is 0 Å². The van der Waals surface area contributed by atoms with Crippen LogP contribution < -0.4 is 20.9 Å². The molecule has 4 aromatic carbocycles. The van der Waals surface area contributed by atoms with E-state index in [4.69, 9.17) is 0 Å². The summed E-state index contributed by atoms with van der Waals surface area (Å²) in [4.78, 5) is 0. The molecule has 0 nitrogen and oxygen atoms in total. The number of allylic oxidation sites excluding steroid dienone is 12. The average molecular weight is 505 g/mol. The molecule has 0 saturated carbocycles. The smallest absolute Gasteiger partial charge is 0.0211 e. The van der Waals surface area contributed by atoms with Crippen molar-refractivity contribution < 1.29 is 0 Å². The molecule has 7 aliphatic carbocycles. The molecule has 0 atom stereocenters.